The fraction of sp³-hybridized carbons (Fsp3) is 1.00. The molecule has 3 N–H and O–H groups in total. The molecule has 108 valence electrons. The van der Waals surface area contributed by atoms with E-state index in [4.69, 9.17) is 4.74 Å². The lowest BCUT2D eigenvalue weighted by Crippen LogP contribution is -2.53. The Balaban J connectivity index is 2.45. The predicted octanol–water partition coefficient (Wildman–Crippen LogP) is -1.49. The van der Waals surface area contributed by atoms with Gasteiger partial charge in [0, 0.05) is 52.9 Å². The number of hydrogen-bond donors (Lipinski definition) is 3. The second-order valence-electron chi connectivity index (χ2n) is 4.71. The number of nitrogens with zero attached hydrogens (tertiary/aromatic N) is 1. The van der Waals surface area contributed by atoms with Crippen LogP contribution >= 0.6 is 0 Å². The quantitative estimate of drug-likeness (QED) is 0.529. The lowest BCUT2D eigenvalue weighted by Gasteiger charge is -2.29. The minimum absolute atomic E-state index is 0.0113. The highest BCUT2D eigenvalue weighted by atomic mass is 32.2. The molecule has 0 aromatic carbocycles. The van der Waals surface area contributed by atoms with Gasteiger partial charge in [-0.15, -0.1) is 0 Å². The van der Waals surface area contributed by atoms with Gasteiger partial charge in [0.1, 0.15) is 0 Å². The zero-order valence-electron chi connectivity index (χ0n) is 11.0. The van der Waals surface area contributed by atoms with Gasteiger partial charge in [0.2, 0.25) is 0 Å². The minimum atomic E-state index is -3.50. The molecule has 1 heterocycles. The number of methoxy groups -OCH3 is 1. The lowest BCUT2D eigenvalue weighted by molar-refractivity contribution is 0.0288. The van der Waals surface area contributed by atoms with Crippen LogP contribution < -0.4 is 10.0 Å². The molecule has 0 spiro atoms. The molecule has 7 nitrogen and oxygen atoms in total. The Morgan fingerprint density at radius 2 is 2.06 bits per heavy atom. The molecular formula is C10H23N3O4S. The van der Waals surface area contributed by atoms with Gasteiger partial charge in [0.25, 0.3) is 10.2 Å². The van der Waals surface area contributed by atoms with Gasteiger partial charge in [-0.2, -0.15) is 17.4 Å². The summed E-state index contributed by atoms with van der Waals surface area (Å²) in [5.74, 6) is 0. The summed E-state index contributed by atoms with van der Waals surface area (Å²) >= 11 is 0. The number of nitrogens with one attached hydrogen (secondary N) is 2. The van der Waals surface area contributed by atoms with Crippen LogP contribution in [0.15, 0.2) is 0 Å². The first-order valence-corrected chi connectivity index (χ1v) is 7.48. The summed E-state index contributed by atoms with van der Waals surface area (Å²) in [5.41, 5.74) is -1.10. The topological polar surface area (TPSA) is 90.9 Å². The van der Waals surface area contributed by atoms with Crippen molar-refractivity contribution in [3.63, 3.8) is 0 Å². The highest BCUT2D eigenvalue weighted by molar-refractivity contribution is 7.87. The first kappa shape index (κ1) is 15.8. The van der Waals surface area contributed by atoms with Crippen LogP contribution in [0, 0.1) is 0 Å². The van der Waals surface area contributed by atoms with Gasteiger partial charge in [-0.1, -0.05) is 0 Å². The molecule has 1 rings (SSSR count). The Kier molecular flexibility index (Phi) is 5.96. The Labute approximate surface area is 109 Å². The van der Waals surface area contributed by atoms with E-state index in [0.29, 0.717) is 39.2 Å². The van der Waals surface area contributed by atoms with Crippen LogP contribution in [0.2, 0.25) is 0 Å². The van der Waals surface area contributed by atoms with E-state index in [-0.39, 0.29) is 6.54 Å². The SMILES string of the molecule is COCCC(C)(O)CNS(=O)(=O)N1CCNCC1. The van der Waals surface area contributed by atoms with E-state index in [9.17, 15) is 13.5 Å². The molecule has 8 heteroatoms. The third-order valence-corrected chi connectivity index (χ3v) is 4.45. The van der Waals surface area contributed by atoms with E-state index >= 15 is 0 Å². The monoisotopic (exact) mass is 281 g/mol. The summed E-state index contributed by atoms with van der Waals surface area (Å²) in [6.45, 7) is 4.18. The van der Waals surface area contributed by atoms with Crippen LogP contribution in [0.25, 0.3) is 0 Å². The molecular weight excluding hydrogens is 258 g/mol. The number of ether oxygens (including phenoxy) is 1. The molecule has 0 bridgehead atoms. The largest absolute Gasteiger partial charge is 0.389 e. The predicted molar refractivity (Wildman–Crippen MR) is 68.5 cm³/mol. The molecule has 0 amide bonds. The van der Waals surface area contributed by atoms with Crippen molar-refractivity contribution in [1.29, 1.82) is 0 Å². The second-order valence-corrected chi connectivity index (χ2v) is 6.47. The molecule has 1 atom stereocenters. The van der Waals surface area contributed by atoms with Crippen molar-refractivity contribution in [2.24, 2.45) is 0 Å². The molecule has 1 unspecified atom stereocenters. The van der Waals surface area contributed by atoms with Gasteiger partial charge in [-0.05, 0) is 6.92 Å². The maximum Gasteiger partial charge on any atom is 0.279 e. The zero-order chi connectivity index (χ0) is 13.6. The minimum Gasteiger partial charge on any atom is -0.389 e. The number of rotatable bonds is 7. The Morgan fingerprint density at radius 1 is 1.44 bits per heavy atom. The van der Waals surface area contributed by atoms with Crippen LogP contribution in [0.1, 0.15) is 13.3 Å². The number of hydrogen-bond acceptors (Lipinski definition) is 5. The highest BCUT2D eigenvalue weighted by Crippen LogP contribution is 2.09. The third kappa shape index (κ3) is 5.17. The Hall–Kier alpha value is -0.250. The molecule has 1 saturated heterocycles. The average Bonchev–Trinajstić information content (AvgIpc) is 2.36. The standard InChI is InChI=1S/C10H23N3O4S/c1-10(14,3-8-17-2)9-12-18(15,16)13-6-4-11-5-7-13/h11-12,14H,3-9H2,1-2H3. The Morgan fingerprint density at radius 3 is 2.61 bits per heavy atom. The van der Waals surface area contributed by atoms with E-state index < -0.39 is 15.8 Å². The first-order chi connectivity index (χ1) is 8.37. The molecule has 1 aliphatic heterocycles. The van der Waals surface area contributed by atoms with Crippen LogP contribution in [0.4, 0.5) is 0 Å². The smallest absolute Gasteiger partial charge is 0.279 e. The summed E-state index contributed by atoms with van der Waals surface area (Å²) in [7, 11) is -1.96. The van der Waals surface area contributed by atoms with Gasteiger partial charge in [-0.3, -0.25) is 0 Å². The second kappa shape index (κ2) is 6.78. The van der Waals surface area contributed by atoms with E-state index in [1.807, 2.05) is 0 Å². The first-order valence-electron chi connectivity index (χ1n) is 6.04. The van der Waals surface area contributed by atoms with Crippen LogP contribution in [0.5, 0.6) is 0 Å². The normalized spacial score (nSPS) is 21.7. The maximum atomic E-state index is 12.0. The van der Waals surface area contributed by atoms with Gasteiger partial charge in [0.05, 0.1) is 5.60 Å². The fourth-order valence-electron chi connectivity index (χ4n) is 1.63. The summed E-state index contributed by atoms with van der Waals surface area (Å²) in [6.07, 6.45) is 0.383. The van der Waals surface area contributed by atoms with Crippen LogP contribution in [-0.2, 0) is 14.9 Å². The molecule has 18 heavy (non-hydrogen) atoms. The molecule has 0 aromatic rings. The summed E-state index contributed by atoms with van der Waals surface area (Å²) in [4.78, 5) is 0. The number of piperazine rings is 1. The van der Waals surface area contributed by atoms with Gasteiger partial charge in [-0.25, -0.2) is 0 Å². The third-order valence-electron chi connectivity index (χ3n) is 2.90. The lowest BCUT2D eigenvalue weighted by atomic mass is 10.0. The van der Waals surface area contributed by atoms with E-state index in [1.54, 1.807) is 14.0 Å². The van der Waals surface area contributed by atoms with Gasteiger partial charge >= 0.3 is 0 Å². The fourth-order valence-corrected chi connectivity index (χ4v) is 2.97. The van der Waals surface area contributed by atoms with Gasteiger partial charge < -0.3 is 15.2 Å². The molecule has 0 aromatic heterocycles. The van der Waals surface area contributed by atoms with Crippen LogP contribution in [-0.4, -0.2) is 69.9 Å². The molecule has 0 aliphatic carbocycles. The molecule has 0 saturated carbocycles. The number of aliphatic hydroxyl groups is 1. The summed E-state index contributed by atoms with van der Waals surface area (Å²) in [5, 5.41) is 13.1. The van der Waals surface area contributed by atoms with Crippen LogP contribution in [0.3, 0.4) is 0 Å². The van der Waals surface area contributed by atoms with Crippen molar-refractivity contribution in [3.8, 4) is 0 Å². The van der Waals surface area contributed by atoms with Crippen molar-refractivity contribution in [2.45, 2.75) is 18.9 Å². The van der Waals surface area contributed by atoms with Gasteiger partial charge in [0.15, 0.2) is 0 Å². The highest BCUT2D eigenvalue weighted by Gasteiger charge is 2.27. The molecule has 1 fully saturated rings. The van der Waals surface area contributed by atoms with Crippen molar-refractivity contribution in [1.82, 2.24) is 14.3 Å². The van der Waals surface area contributed by atoms with E-state index in [1.165, 1.54) is 4.31 Å². The van der Waals surface area contributed by atoms with Crippen molar-refractivity contribution >= 4 is 10.2 Å². The maximum absolute atomic E-state index is 12.0. The zero-order valence-corrected chi connectivity index (χ0v) is 11.8. The average molecular weight is 281 g/mol. The van der Waals surface area contributed by atoms with E-state index in [2.05, 4.69) is 10.0 Å². The summed E-state index contributed by atoms with van der Waals surface area (Å²) < 4.78 is 32.6. The van der Waals surface area contributed by atoms with Crippen molar-refractivity contribution in [2.75, 3.05) is 46.4 Å². The molecule has 1 aliphatic rings. The van der Waals surface area contributed by atoms with Crippen molar-refractivity contribution in [3.05, 3.63) is 0 Å². The summed E-state index contributed by atoms with van der Waals surface area (Å²) in [6, 6.07) is 0. The van der Waals surface area contributed by atoms with Crippen molar-refractivity contribution < 1.29 is 18.3 Å². The Bertz CT molecular complexity index is 339. The molecule has 0 radical (unpaired) electrons. The van der Waals surface area contributed by atoms with E-state index in [0.717, 1.165) is 0 Å².